The first kappa shape index (κ1) is 12.2. The first-order valence-electron chi connectivity index (χ1n) is 5.30. The van der Waals surface area contributed by atoms with Crippen molar-refractivity contribution in [2.45, 2.75) is 25.8 Å². The predicted molar refractivity (Wildman–Crippen MR) is 81.4 cm³/mol. The van der Waals surface area contributed by atoms with Gasteiger partial charge in [-0.1, -0.05) is 11.8 Å². The van der Waals surface area contributed by atoms with E-state index in [-0.39, 0.29) is 5.54 Å². The SMILES string of the molecule is CC1(C)CCSC(Nc2ccc(I)cc2)=N1. The van der Waals surface area contributed by atoms with Crippen molar-refractivity contribution in [2.75, 3.05) is 11.1 Å². The van der Waals surface area contributed by atoms with Crippen LogP contribution < -0.4 is 5.32 Å². The zero-order chi connectivity index (χ0) is 11.6. The zero-order valence-corrected chi connectivity index (χ0v) is 12.4. The van der Waals surface area contributed by atoms with Crippen molar-refractivity contribution >= 4 is 45.2 Å². The van der Waals surface area contributed by atoms with Gasteiger partial charge < -0.3 is 5.32 Å². The highest BCUT2D eigenvalue weighted by Crippen LogP contribution is 2.26. The minimum atomic E-state index is 0.0801. The van der Waals surface area contributed by atoms with Crippen LogP contribution in [0.2, 0.25) is 0 Å². The number of hydrogen-bond donors (Lipinski definition) is 1. The minimum absolute atomic E-state index is 0.0801. The summed E-state index contributed by atoms with van der Waals surface area (Å²) in [4.78, 5) is 4.70. The Morgan fingerprint density at radius 3 is 2.62 bits per heavy atom. The Balaban J connectivity index is 2.10. The van der Waals surface area contributed by atoms with Crippen LogP contribution >= 0.6 is 34.4 Å². The smallest absolute Gasteiger partial charge is 0.161 e. The van der Waals surface area contributed by atoms with Gasteiger partial charge in [0.15, 0.2) is 5.17 Å². The van der Waals surface area contributed by atoms with E-state index >= 15 is 0 Å². The second-order valence-corrected chi connectivity index (χ2v) is 6.79. The maximum absolute atomic E-state index is 4.70. The Kier molecular flexibility index (Phi) is 3.79. The van der Waals surface area contributed by atoms with Crippen molar-refractivity contribution in [2.24, 2.45) is 4.99 Å². The molecule has 0 saturated heterocycles. The average Bonchev–Trinajstić information content (AvgIpc) is 2.20. The summed E-state index contributed by atoms with van der Waals surface area (Å²) < 4.78 is 1.25. The molecule has 1 aromatic carbocycles. The van der Waals surface area contributed by atoms with Crippen LogP contribution in [0.1, 0.15) is 20.3 Å². The van der Waals surface area contributed by atoms with E-state index in [1.54, 1.807) is 11.8 Å². The highest BCUT2D eigenvalue weighted by molar-refractivity contribution is 14.1. The van der Waals surface area contributed by atoms with Crippen LogP contribution in [-0.4, -0.2) is 16.5 Å². The Morgan fingerprint density at radius 1 is 1.31 bits per heavy atom. The molecule has 0 unspecified atom stereocenters. The van der Waals surface area contributed by atoms with Gasteiger partial charge in [-0.2, -0.15) is 0 Å². The quantitative estimate of drug-likeness (QED) is 0.778. The fraction of sp³-hybridized carbons (Fsp3) is 0.417. The third-order valence-corrected chi connectivity index (χ3v) is 4.05. The lowest BCUT2D eigenvalue weighted by molar-refractivity contribution is 0.507. The van der Waals surface area contributed by atoms with Crippen LogP contribution in [-0.2, 0) is 0 Å². The standard InChI is InChI=1S/C12H15IN2S/c1-12(2)7-8-16-11(15-12)14-10-5-3-9(13)4-6-10/h3-6H,7-8H2,1-2H3,(H,14,15). The maximum atomic E-state index is 4.70. The van der Waals surface area contributed by atoms with E-state index in [0.29, 0.717) is 0 Å². The number of benzene rings is 1. The number of hydrogen-bond acceptors (Lipinski definition) is 3. The molecule has 1 aliphatic rings. The van der Waals surface area contributed by atoms with Gasteiger partial charge in [-0.15, -0.1) is 0 Å². The summed E-state index contributed by atoms with van der Waals surface area (Å²) in [6.45, 7) is 4.37. The van der Waals surface area contributed by atoms with Crippen LogP contribution in [0.4, 0.5) is 5.69 Å². The van der Waals surface area contributed by atoms with Crippen LogP contribution in [0.25, 0.3) is 0 Å². The highest BCUT2D eigenvalue weighted by atomic mass is 127. The monoisotopic (exact) mass is 346 g/mol. The van der Waals surface area contributed by atoms with Gasteiger partial charge in [0.2, 0.25) is 0 Å². The molecule has 0 amide bonds. The Labute approximate surface area is 114 Å². The van der Waals surface area contributed by atoms with Crippen LogP contribution in [0.5, 0.6) is 0 Å². The molecule has 0 aromatic heterocycles. The topological polar surface area (TPSA) is 24.4 Å². The molecule has 16 heavy (non-hydrogen) atoms. The molecule has 2 rings (SSSR count). The number of anilines is 1. The lowest BCUT2D eigenvalue weighted by Gasteiger charge is -2.26. The van der Waals surface area contributed by atoms with Crippen molar-refractivity contribution in [1.29, 1.82) is 0 Å². The van der Waals surface area contributed by atoms with Crippen molar-refractivity contribution in [1.82, 2.24) is 0 Å². The minimum Gasteiger partial charge on any atom is -0.335 e. The first-order chi connectivity index (χ1) is 7.55. The second-order valence-electron chi connectivity index (χ2n) is 4.46. The van der Waals surface area contributed by atoms with Gasteiger partial charge in [-0.05, 0) is 67.1 Å². The number of nitrogens with one attached hydrogen (secondary N) is 1. The highest BCUT2D eigenvalue weighted by Gasteiger charge is 2.22. The van der Waals surface area contributed by atoms with E-state index in [1.807, 2.05) is 0 Å². The molecular formula is C12H15IN2S. The molecule has 1 heterocycles. The number of aliphatic imine (C=N–C) groups is 1. The maximum Gasteiger partial charge on any atom is 0.161 e. The Morgan fingerprint density at radius 2 is 2.00 bits per heavy atom. The van der Waals surface area contributed by atoms with Crippen LogP contribution in [0.15, 0.2) is 29.3 Å². The van der Waals surface area contributed by atoms with Gasteiger partial charge >= 0.3 is 0 Å². The summed E-state index contributed by atoms with van der Waals surface area (Å²) in [5.74, 6) is 1.14. The molecule has 0 radical (unpaired) electrons. The molecule has 0 saturated carbocycles. The van der Waals surface area contributed by atoms with E-state index in [4.69, 9.17) is 4.99 Å². The van der Waals surface area contributed by atoms with Gasteiger partial charge in [0.1, 0.15) is 0 Å². The van der Waals surface area contributed by atoms with E-state index in [2.05, 4.69) is 66.0 Å². The van der Waals surface area contributed by atoms with E-state index in [9.17, 15) is 0 Å². The van der Waals surface area contributed by atoms with Crippen molar-refractivity contribution in [3.63, 3.8) is 0 Å². The first-order valence-corrected chi connectivity index (χ1v) is 7.37. The van der Waals surface area contributed by atoms with Crippen LogP contribution in [0, 0.1) is 3.57 Å². The van der Waals surface area contributed by atoms with Gasteiger partial charge in [-0.25, -0.2) is 0 Å². The van der Waals surface area contributed by atoms with Crippen molar-refractivity contribution in [3.05, 3.63) is 27.8 Å². The molecule has 0 spiro atoms. The largest absolute Gasteiger partial charge is 0.335 e. The number of thioether (sulfide) groups is 1. The Hall–Kier alpha value is -0.230. The van der Waals surface area contributed by atoms with E-state index < -0.39 is 0 Å². The molecule has 2 nitrogen and oxygen atoms in total. The molecule has 1 N–H and O–H groups in total. The molecule has 1 aliphatic heterocycles. The summed E-state index contributed by atoms with van der Waals surface area (Å²) in [7, 11) is 0. The normalized spacial score (nSPS) is 19.1. The van der Waals surface area contributed by atoms with Gasteiger partial charge in [0, 0.05) is 15.0 Å². The second kappa shape index (κ2) is 4.96. The van der Waals surface area contributed by atoms with Gasteiger partial charge in [0.05, 0.1) is 5.54 Å². The van der Waals surface area contributed by atoms with Crippen molar-refractivity contribution in [3.8, 4) is 0 Å². The number of rotatable bonds is 1. The van der Waals surface area contributed by atoms with Crippen molar-refractivity contribution < 1.29 is 0 Å². The third-order valence-electron chi connectivity index (χ3n) is 2.45. The van der Waals surface area contributed by atoms with E-state index in [0.717, 1.165) is 23.0 Å². The van der Waals surface area contributed by atoms with Gasteiger partial charge in [-0.3, -0.25) is 4.99 Å². The average molecular weight is 346 g/mol. The molecular weight excluding hydrogens is 331 g/mol. The Bertz CT molecular complexity index is 398. The number of nitrogens with zero attached hydrogens (tertiary/aromatic N) is 1. The number of halogens is 1. The molecule has 4 heteroatoms. The van der Waals surface area contributed by atoms with E-state index in [1.165, 1.54) is 3.57 Å². The molecule has 0 aliphatic carbocycles. The molecule has 0 atom stereocenters. The molecule has 86 valence electrons. The summed E-state index contributed by atoms with van der Waals surface area (Å²) in [5.41, 5.74) is 1.20. The molecule has 0 fully saturated rings. The number of amidine groups is 1. The third kappa shape index (κ3) is 3.38. The molecule has 1 aromatic rings. The fourth-order valence-electron chi connectivity index (χ4n) is 1.48. The van der Waals surface area contributed by atoms with Gasteiger partial charge in [0.25, 0.3) is 0 Å². The summed E-state index contributed by atoms with van der Waals surface area (Å²) in [6, 6.07) is 8.38. The lowest BCUT2D eigenvalue weighted by atomic mass is 10.0. The molecule has 0 bridgehead atoms. The summed E-state index contributed by atoms with van der Waals surface area (Å²) in [5, 5.41) is 4.41. The zero-order valence-electron chi connectivity index (χ0n) is 9.46. The summed E-state index contributed by atoms with van der Waals surface area (Å²) in [6.07, 6.45) is 1.15. The fourth-order valence-corrected chi connectivity index (χ4v) is 3.14. The van der Waals surface area contributed by atoms with Crippen LogP contribution in [0.3, 0.4) is 0 Å². The lowest BCUT2D eigenvalue weighted by Crippen LogP contribution is -2.27. The predicted octanol–water partition coefficient (Wildman–Crippen LogP) is 3.97. The summed E-state index contributed by atoms with van der Waals surface area (Å²) >= 11 is 4.11.